The molecule has 0 spiro atoms. The normalized spacial score (nSPS) is 38.6. The molecule has 0 aromatic carbocycles. The Balaban J connectivity index is 2.92. The van der Waals surface area contributed by atoms with Gasteiger partial charge in [0, 0.05) is 16.2 Å². The Morgan fingerprint density at radius 2 is 2.00 bits per heavy atom. The van der Waals surface area contributed by atoms with Gasteiger partial charge in [0.05, 0.1) is 0 Å². The second kappa shape index (κ2) is 3.26. The first-order chi connectivity index (χ1) is 5.79. The van der Waals surface area contributed by atoms with Gasteiger partial charge in [0.2, 0.25) is 0 Å². The number of aliphatic carboxylic acids is 1. The van der Waals surface area contributed by atoms with Crippen LogP contribution in [0.1, 0.15) is 40.0 Å². The van der Waals surface area contributed by atoms with Gasteiger partial charge in [-0.1, -0.05) is 36.7 Å². The van der Waals surface area contributed by atoms with E-state index in [1.165, 1.54) is 0 Å². The summed E-state index contributed by atoms with van der Waals surface area (Å²) in [6, 6.07) is 0. The number of carboxylic acid groups (broad SMARTS) is 1. The highest BCUT2D eigenvalue weighted by atomic mass is 79.9. The van der Waals surface area contributed by atoms with Crippen LogP contribution in [0.2, 0.25) is 0 Å². The summed E-state index contributed by atoms with van der Waals surface area (Å²) >= 11 is 3.55. The van der Waals surface area contributed by atoms with Crippen molar-refractivity contribution in [2.24, 2.45) is 10.8 Å². The predicted octanol–water partition coefficient (Wildman–Crippen LogP) is 1.72. The van der Waals surface area contributed by atoms with E-state index in [-0.39, 0.29) is 5.41 Å². The number of hydrogen-bond acceptors (Lipinski definition) is 2. The maximum atomic E-state index is 11.1. The molecule has 1 aliphatic carbocycles. The molecule has 0 amide bonds. The Hall–Kier alpha value is -0.0500. The topological polar surface area (TPSA) is 40.1 Å². The van der Waals surface area contributed by atoms with Gasteiger partial charge >= 0.3 is 0 Å². The van der Waals surface area contributed by atoms with Gasteiger partial charge in [-0.15, -0.1) is 0 Å². The van der Waals surface area contributed by atoms with Gasteiger partial charge in [-0.05, 0) is 24.7 Å². The first kappa shape index (κ1) is 11.0. The van der Waals surface area contributed by atoms with Gasteiger partial charge in [0.15, 0.2) is 0 Å². The highest BCUT2D eigenvalue weighted by molar-refractivity contribution is 9.09. The van der Waals surface area contributed by atoms with Crippen molar-refractivity contribution >= 4 is 21.9 Å². The molecule has 1 fully saturated rings. The monoisotopic (exact) mass is 247 g/mol. The fourth-order valence-electron chi connectivity index (χ4n) is 2.04. The lowest BCUT2D eigenvalue weighted by molar-refractivity contribution is -0.325. The maximum Gasteiger partial charge on any atom is 0.0478 e. The number of alkyl halides is 1. The second-order valence-corrected chi connectivity index (χ2v) is 6.14. The summed E-state index contributed by atoms with van der Waals surface area (Å²) in [4.78, 5) is 11.5. The highest BCUT2D eigenvalue weighted by Gasteiger charge is 2.46. The summed E-state index contributed by atoms with van der Waals surface area (Å²) in [6.45, 7) is 5.83. The predicted molar refractivity (Wildman–Crippen MR) is 53.5 cm³/mol. The van der Waals surface area contributed by atoms with Crippen LogP contribution in [-0.4, -0.2) is 10.8 Å². The third kappa shape index (κ3) is 1.76. The first-order valence-electron chi connectivity index (χ1n) is 4.65. The van der Waals surface area contributed by atoms with Crippen LogP contribution in [0.15, 0.2) is 0 Å². The van der Waals surface area contributed by atoms with Crippen LogP contribution in [-0.2, 0) is 4.79 Å². The number of rotatable bonds is 1. The number of carbonyl (C=O) groups is 1. The second-order valence-electron chi connectivity index (χ2n) is 4.84. The molecular formula is C10H16BrO2-. The summed E-state index contributed by atoms with van der Waals surface area (Å²) in [6.07, 6.45) is 2.53. The Kier molecular flexibility index (Phi) is 2.77. The van der Waals surface area contributed by atoms with Crippen molar-refractivity contribution in [1.82, 2.24) is 0 Å². The van der Waals surface area contributed by atoms with Crippen molar-refractivity contribution in [1.29, 1.82) is 0 Å². The average molecular weight is 248 g/mol. The van der Waals surface area contributed by atoms with Crippen LogP contribution in [0, 0.1) is 10.8 Å². The van der Waals surface area contributed by atoms with E-state index in [4.69, 9.17) is 0 Å². The lowest BCUT2D eigenvalue weighted by Crippen LogP contribution is -2.52. The number of hydrogen-bond donors (Lipinski definition) is 0. The molecular weight excluding hydrogens is 232 g/mol. The molecule has 2 nitrogen and oxygen atoms in total. The molecule has 76 valence electrons. The van der Waals surface area contributed by atoms with Gasteiger partial charge < -0.3 is 9.90 Å². The van der Waals surface area contributed by atoms with E-state index in [0.29, 0.717) is 11.2 Å². The van der Waals surface area contributed by atoms with Crippen LogP contribution in [0.5, 0.6) is 0 Å². The molecule has 0 N–H and O–H groups in total. The zero-order valence-electron chi connectivity index (χ0n) is 8.39. The van der Waals surface area contributed by atoms with Gasteiger partial charge in [0.1, 0.15) is 0 Å². The SMILES string of the molecule is CC1(C)C[C@@H](Br)CC[C@@]1(C)C(=O)[O-]. The van der Waals surface area contributed by atoms with Crippen LogP contribution in [0.4, 0.5) is 0 Å². The minimum atomic E-state index is -0.906. The number of carboxylic acids is 1. The number of carbonyl (C=O) groups excluding carboxylic acids is 1. The zero-order chi connectivity index (χ0) is 10.3. The molecule has 0 bridgehead atoms. The van der Waals surface area contributed by atoms with Crippen molar-refractivity contribution in [3.05, 3.63) is 0 Å². The lowest BCUT2D eigenvalue weighted by Gasteiger charge is -2.50. The molecule has 3 heteroatoms. The fourth-order valence-corrected chi connectivity index (χ4v) is 3.08. The molecule has 0 heterocycles. The molecule has 2 atom stereocenters. The first-order valence-corrected chi connectivity index (χ1v) is 5.57. The molecule has 1 rings (SSSR count). The van der Waals surface area contributed by atoms with Crippen LogP contribution < -0.4 is 5.11 Å². The molecule has 0 aromatic heterocycles. The average Bonchev–Trinajstić information content (AvgIpc) is 1.96. The smallest absolute Gasteiger partial charge is 0.0478 e. The molecule has 0 aliphatic heterocycles. The molecule has 0 unspecified atom stereocenters. The molecule has 1 saturated carbocycles. The summed E-state index contributed by atoms with van der Waals surface area (Å²) in [5.41, 5.74) is -0.852. The summed E-state index contributed by atoms with van der Waals surface area (Å²) in [5.74, 6) is -0.906. The lowest BCUT2D eigenvalue weighted by atomic mass is 9.59. The van der Waals surface area contributed by atoms with Crippen molar-refractivity contribution in [2.75, 3.05) is 0 Å². The Bertz CT molecular complexity index is 225. The Labute approximate surface area is 87.8 Å². The third-order valence-corrected chi connectivity index (χ3v) is 4.42. The van der Waals surface area contributed by atoms with Crippen LogP contribution in [0.25, 0.3) is 0 Å². The molecule has 0 radical (unpaired) electrons. The summed E-state index contributed by atoms with van der Waals surface area (Å²) in [7, 11) is 0. The highest BCUT2D eigenvalue weighted by Crippen LogP contribution is 2.51. The largest absolute Gasteiger partial charge is 0.550 e. The van der Waals surface area contributed by atoms with Gasteiger partial charge in [-0.25, -0.2) is 0 Å². The Morgan fingerprint density at radius 3 is 2.38 bits per heavy atom. The van der Waals surface area contributed by atoms with Crippen molar-refractivity contribution in [2.45, 2.75) is 44.9 Å². The third-order valence-electron chi connectivity index (χ3n) is 3.63. The molecule has 13 heavy (non-hydrogen) atoms. The van der Waals surface area contributed by atoms with E-state index in [9.17, 15) is 9.90 Å². The summed E-state index contributed by atoms with van der Waals surface area (Å²) in [5, 5.41) is 11.1. The van der Waals surface area contributed by atoms with Crippen molar-refractivity contribution < 1.29 is 9.90 Å². The minimum absolute atomic E-state index is 0.182. The zero-order valence-corrected chi connectivity index (χ0v) is 9.98. The van der Waals surface area contributed by atoms with E-state index < -0.39 is 11.4 Å². The van der Waals surface area contributed by atoms with Gasteiger partial charge in [-0.3, -0.25) is 0 Å². The standard InChI is InChI=1S/C10H17BrO2/c1-9(2)6-7(11)4-5-10(9,3)8(12)13/h7H,4-6H2,1-3H3,(H,12,13)/p-1/t7-,10-/m0/s1. The Morgan fingerprint density at radius 1 is 1.46 bits per heavy atom. The number of halogens is 1. The van der Waals surface area contributed by atoms with Crippen LogP contribution in [0.3, 0.4) is 0 Å². The molecule has 0 saturated heterocycles. The van der Waals surface area contributed by atoms with Gasteiger partial charge in [-0.2, -0.15) is 0 Å². The van der Waals surface area contributed by atoms with Crippen LogP contribution >= 0.6 is 15.9 Å². The van der Waals surface area contributed by atoms with E-state index in [1.54, 1.807) is 6.92 Å². The minimum Gasteiger partial charge on any atom is -0.550 e. The maximum absolute atomic E-state index is 11.1. The quantitative estimate of drug-likeness (QED) is 0.663. The van der Waals surface area contributed by atoms with E-state index in [0.717, 1.165) is 12.8 Å². The van der Waals surface area contributed by atoms with E-state index >= 15 is 0 Å². The summed E-state index contributed by atoms with van der Waals surface area (Å²) < 4.78 is 0. The van der Waals surface area contributed by atoms with Crippen molar-refractivity contribution in [3.63, 3.8) is 0 Å². The molecule has 0 aromatic rings. The van der Waals surface area contributed by atoms with Gasteiger partial charge in [0.25, 0.3) is 0 Å². The van der Waals surface area contributed by atoms with Crippen molar-refractivity contribution in [3.8, 4) is 0 Å². The fraction of sp³-hybridized carbons (Fsp3) is 0.900. The van der Waals surface area contributed by atoms with E-state index in [1.807, 2.05) is 13.8 Å². The van der Waals surface area contributed by atoms with E-state index in [2.05, 4.69) is 15.9 Å². The molecule has 1 aliphatic rings.